The van der Waals surface area contributed by atoms with E-state index in [0.717, 1.165) is 17.7 Å². The fourth-order valence-electron chi connectivity index (χ4n) is 1.39. The number of hydrogen-bond acceptors (Lipinski definition) is 3. The maximum atomic E-state index is 9.08. The largest absolute Gasteiger partial charge is 0.493 e. The first-order chi connectivity index (χ1) is 7.63. The first-order valence-electron chi connectivity index (χ1n) is 5.80. The Balaban J connectivity index is 2.45. The minimum Gasteiger partial charge on any atom is -0.493 e. The van der Waals surface area contributed by atoms with Crippen LogP contribution in [0.4, 0.5) is 0 Å². The van der Waals surface area contributed by atoms with Crippen molar-refractivity contribution in [2.24, 2.45) is 5.73 Å². The van der Waals surface area contributed by atoms with Crippen LogP contribution in [0.1, 0.15) is 38.3 Å². The number of benzene rings is 1. The van der Waals surface area contributed by atoms with E-state index in [9.17, 15) is 0 Å². The van der Waals surface area contributed by atoms with Gasteiger partial charge >= 0.3 is 0 Å². The summed E-state index contributed by atoms with van der Waals surface area (Å²) in [7, 11) is 0. The van der Waals surface area contributed by atoms with E-state index in [1.54, 1.807) is 6.92 Å². The standard InChI is InChI=1S/C13H21NO2/c1-3-13(14)11-4-6-12(7-5-11)16-9-8-10(2)15/h4-7,10,13,15H,3,8-9,14H2,1-2H3/t10?,13-/m1/s1. The first kappa shape index (κ1) is 13.0. The van der Waals surface area contributed by atoms with E-state index in [-0.39, 0.29) is 12.1 Å². The van der Waals surface area contributed by atoms with E-state index >= 15 is 0 Å². The van der Waals surface area contributed by atoms with Crippen LogP contribution in [0.15, 0.2) is 24.3 Å². The van der Waals surface area contributed by atoms with Gasteiger partial charge in [-0.15, -0.1) is 0 Å². The molecular weight excluding hydrogens is 202 g/mol. The van der Waals surface area contributed by atoms with Gasteiger partial charge in [-0.05, 0) is 31.0 Å². The lowest BCUT2D eigenvalue weighted by atomic mass is 10.1. The monoisotopic (exact) mass is 223 g/mol. The summed E-state index contributed by atoms with van der Waals surface area (Å²) in [6.45, 7) is 4.36. The van der Waals surface area contributed by atoms with Gasteiger partial charge in [0.2, 0.25) is 0 Å². The first-order valence-corrected chi connectivity index (χ1v) is 5.80. The Morgan fingerprint density at radius 3 is 2.44 bits per heavy atom. The molecule has 90 valence electrons. The molecule has 0 heterocycles. The topological polar surface area (TPSA) is 55.5 Å². The molecule has 16 heavy (non-hydrogen) atoms. The molecule has 0 aliphatic heterocycles. The van der Waals surface area contributed by atoms with E-state index in [4.69, 9.17) is 15.6 Å². The SMILES string of the molecule is CC[C@@H](N)c1ccc(OCCC(C)O)cc1. The molecule has 1 aromatic rings. The molecule has 0 aliphatic rings. The number of hydrogen-bond donors (Lipinski definition) is 2. The minimum absolute atomic E-state index is 0.103. The molecule has 0 radical (unpaired) electrons. The van der Waals surface area contributed by atoms with E-state index in [2.05, 4.69) is 6.92 Å². The van der Waals surface area contributed by atoms with Crippen LogP contribution in [-0.4, -0.2) is 17.8 Å². The third kappa shape index (κ3) is 4.21. The molecule has 2 atom stereocenters. The van der Waals surface area contributed by atoms with Crippen molar-refractivity contribution in [2.75, 3.05) is 6.61 Å². The fraction of sp³-hybridized carbons (Fsp3) is 0.538. The van der Waals surface area contributed by atoms with E-state index < -0.39 is 0 Å². The normalized spacial score (nSPS) is 14.5. The molecule has 0 fully saturated rings. The summed E-state index contributed by atoms with van der Waals surface area (Å²) in [6, 6.07) is 7.93. The molecule has 0 bridgehead atoms. The lowest BCUT2D eigenvalue weighted by Crippen LogP contribution is -2.09. The second-order valence-corrected chi connectivity index (χ2v) is 4.07. The van der Waals surface area contributed by atoms with Crippen LogP contribution in [0.2, 0.25) is 0 Å². The van der Waals surface area contributed by atoms with Gasteiger partial charge in [0.25, 0.3) is 0 Å². The van der Waals surface area contributed by atoms with Gasteiger partial charge in [0.05, 0.1) is 12.7 Å². The highest BCUT2D eigenvalue weighted by atomic mass is 16.5. The molecule has 3 nitrogen and oxygen atoms in total. The molecule has 1 unspecified atom stereocenters. The Kier molecular flexibility index (Phi) is 5.29. The van der Waals surface area contributed by atoms with Crippen molar-refractivity contribution in [3.05, 3.63) is 29.8 Å². The van der Waals surface area contributed by atoms with Crippen LogP contribution in [0.3, 0.4) is 0 Å². The number of rotatable bonds is 6. The van der Waals surface area contributed by atoms with E-state index in [1.807, 2.05) is 24.3 Å². The van der Waals surface area contributed by atoms with Crippen LogP contribution in [0.5, 0.6) is 5.75 Å². The Bertz CT molecular complexity index is 295. The number of aliphatic hydroxyl groups is 1. The molecule has 0 saturated carbocycles. The zero-order valence-electron chi connectivity index (χ0n) is 10.0. The maximum absolute atomic E-state index is 9.08. The van der Waals surface area contributed by atoms with Crippen molar-refractivity contribution in [1.29, 1.82) is 0 Å². The van der Waals surface area contributed by atoms with Gasteiger partial charge in [-0.25, -0.2) is 0 Å². The van der Waals surface area contributed by atoms with Crippen LogP contribution in [-0.2, 0) is 0 Å². The zero-order chi connectivity index (χ0) is 12.0. The summed E-state index contributed by atoms with van der Waals surface area (Å²) >= 11 is 0. The van der Waals surface area contributed by atoms with Gasteiger partial charge in [0.1, 0.15) is 5.75 Å². The van der Waals surface area contributed by atoms with Gasteiger partial charge in [0, 0.05) is 12.5 Å². The van der Waals surface area contributed by atoms with Crippen LogP contribution in [0.25, 0.3) is 0 Å². The van der Waals surface area contributed by atoms with Crippen molar-refractivity contribution in [3.8, 4) is 5.75 Å². The third-order valence-electron chi connectivity index (χ3n) is 2.55. The second kappa shape index (κ2) is 6.51. The summed E-state index contributed by atoms with van der Waals surface area (Å²) in [5, 5.41) is 9.08. The molecule has 0 saturated heterocycles. The van der Waals surface area contributed by atoms with Crippen molar-refractivity contribution in [3.63, 3.8) is 0 Å². The van der Waals surface area contributed by atoms with Gasteiger partial charge in [0.15, 0.2) is 0 Å². The summed E-state index contributed by atoms with van der Waals surface area (Å²) in [5.74, 6) is 0.827. The Morgan fingerprint density at radius 1 is 1.31 bits per heavy atom. The predicted molar refractivity (Wildman–Crippen MR) is 65.5 cm³/mol. The minimum atomic E-state index is -0.312. The van der Waals surface area contributed by atoms with Gasteiger partial charge < -0.3 is 15.6 Å². The Labute approximate surface area is 97.2 Å². The van der Waals surface area contributed by atoms with Crippen molar-refractivity contribution in [2.45, 2.75) is 38.8 Å². The molecule has 1 aromatic carbocycles. The van der Waals surface area contributed by atoms with Crippen LogP contribution in [0, 0.1) is 0 Å². The van der Waals surface area contributed by atoms with Crippen molar-refractivity contribution in [1.82, 2.24) is 0 Å². The number of nitrogens with two attached hydrogens (primary N) is 1. The lowest BCUT2D eigenvalue weighted by molar-refractivity contribution is 0.155. The predicted octanol–water partition coefficient (Wildman–Crippen LogP) is 2.25. The highest BCUT2D eigenvalue weighted by Crippen LogP contribution is 2.18. The van der Waals surface area contributed by atoms with Crippen LogP contribution >= 0.6 is 0 Å². The molecular formula is C13H21NO2. The second-order valence-electron chi connectivity index (χ2n) is 4.07. The molecule has 0 spiro atoms. The summed E-state index contributed by atoms with van der Waals surface area (Å²) < 4.78 is 5.48. The van der Waals surface area contributed by atoms with Crippen molar-refractivity contribution < 1.29 is 9.84 Å². The lowest BCUT2D eigenvalue weighted by Gasteiger charge is -2.11. The average molecular weight is 223 g/mol. The number of aliphatic hydroxyl groups excluding tert-OH is 1. The van der Waals surface area contributed by atoms with Gasteiger partial charge in [-0.3, -0.25) is 0 Å². The van der Waals surface area contributed by atoms with Gasteiger partial charge in [-0.2, -0.15) is 0 Å². The molecule has 3 heteroatoms. The van der Waals surface area contributed by atoms with E-state index in [0.29, 0.717) is 13.0 Å². The summed E-state index contributed by atoms with van der Waals surface area (Å²) in [4.78, 5) is 0. The molecule has 0 aromatic heterocycles. The fourth-order valence-corrected chi connectivity index (χ4v) is 1.39. The summed E-state index contributed by atoms with van der Waals surface area (Å²) in [6.07, 6.45) is 1.27. The highest BCUT2D eigenvalue weighted by Gasteiger charge is 2.03. The number of ether oxygens (including phenoxy) is 1. The molecule has 3 N–H and O–H groups in total. The zero-order valence-corrected chi connectivity index (χ0v) is 10.0. The third-order valence-corrected chi connectivity index (χ3v) is 2.55. The smallest absolute Gasteiger partial charge is 0.119 e. The van der Waals surface area contributed by atoms with Gasteiger partial charge in [-0.1, -0.05) is 19.1 Å². The molecule has 1 rings (SSSR count). The molecule has 0 amide bonds. The average Bonchev–Trinajstić information content (AvgIpc) is 2.28. The van der Waals surface area contributed by atoms with Crippen LogP contribution < -0.4 is 10.5 Å². The quantitative estimate of drug-likeness (QED) is 0.777. The van der Waals surface area contributed by atoms with Crippen molar-refractivity contribution >= 4 is 0 Å². The molecule has 0 aliphatic carbocycles. The Hall–Kier alpha value is -1.06. The maximum Gasteiger partial charge on any atom is 0.119 e. The Morgan fingerprint density at radius 2 is 1.94 bits per heavy atom. The highest BCUT2D eigenvalue weighted by molar-refractivity contribution is 5.28. The summed E-state index contributed by atoms with van der Waals surface area (Å²) in [5.41, 5.74) is 7.04. The van der Waals surface area contributed by atoms with E-state index in [1.165, 1.54) is 0 Å².